The maximum Gasteiger partial charge on any atom is 0.303 e. The number of nitro groups is 1. The molecule has 1 amide bonds. The summed E-state index contributed by atoms with van der Waals surface area (Å²) in [5.74, 6) is -1.39. The highest BCUT2D eigenvalue weighted by Gasteiger charge is 2.16. The first-order valence-electron chi connectivity index (χ1n) is 5.79. The minimum absolute atomic E-state index is 0.0387. The normalized spacial score (nSPS) is 10.1. The van der Waals surface area contributed by atoms with Crippen molar-refractivity contribution in [2.45, 2.75) is 18.2 Å². The molecule has 0 aliphatic rings. The van der Waals surface area contributed by atoms with Crippen LogP contribution >= 0.6 is 15.9 Å². The molecule has 1 aromatic rings. The van der Waals surface area contributed by atoms with Gasteiger partial charge in [0.05, 0.1) is 4.92 Å². The van der Waals surface area contributed by atoms with E-state index in [2.05, 4.69) is 21.2 Å². The number of carboxylic acid groups (broad SMARTS) is 1. The zero-order chi connectivity index (χ0) is 15.1. The zero-order valence-electron chi connectivity index (χ0n) is 10.5. The highest BCUT2D eigenvalue weighted by molar-refractivity contribution is 9.08. The Morgan fingerprint density at radius 3 is 2.65 bits per heavy atom. The van der Waals surface area contributed by atoms with Gasteiger partial charge in [0.15, 0.2) is 0 Å². The number of carboxylic acids is 1. The number of hydrogen-bond donors (Lipinski definition) is 2. The fraction of sp³-hybridized carbons (Fsp3) is 0.333. The second-order valence-corrected chi connectivity index (χ2v) is 4.55. The molecule has 20 heavy (non-hydrogen) atoms. The third-order valence-electron chi connectivity index (χ3n) is 2.54. The van der Waals surface area contributed by atoms with Gasteiger partial charge < -0.3 is 10.4 Å². The first-order valence-corrected chi connectivity index (χ1v) is 6.91. The summed E-state index contributed by atoms with van der Waals surface area (Å²) in [4.78, 5) is 32.4. The van der Waals surface area contributed by atoms with Gasteiger partial charge in [-0.1, -0.05) is 22.0 Å². The van der Waals surface area contributed by atoms with E-state index in [0.717, 1.165) is 0 Å². The van der Waals surface area contributed by atoms with Gasteiger partial charge >= 0.3 is 5.97 Å². The molecule has 1 aromatic carbocycles. The Bertz CT molecular complexity index is 533. The minimum atomic E-state index is -0.934. The molecular formula is C12H13BrN2O5. The van der Waals surface area contributed by atoms with Crippen molar-refractivity contribution in [3.63, 3.8) is 0 Å². The highest BCUT2D eigenvalue weighted by atomic mass is 79.9. The van der Waals surface area contributed by atoms with E-state index in [9.17, 15) is 19.7 Å². The van der Waals surface area contributed by atoms with Crippen LogP contribution in [0.2, 0.25) is 0 Å². The topological polar surface area (TPSA) is 110 Å². The number of halogens is 1. The maximum absolute atomic E-state index is 11.8. The van der Waals surface area contributed by atoms with Crippen LogP contribution in [0.25, 0.3) is 0 Å². The van der Waals surface area contributed by atoms with Gasteiger partial charge in [-0.2, -0.15) is 0 Å². The summed E-state index contributed by atoms with van der Waals surface area (Å²) >= 11 is 3.14. The molecule has 0 atom stereocenters. The predicted octanol–water partition coefficient (Wildman–Crippen LogP) is 2.08. The van der Waals surface area contributed by atoms with Crippen LogP contribution in [0.1, 0.15) is 28.8 Å². The molecule has 1 rings (SSSR count). The smallest absolute Gasteiger partial charge is 0.303 e. The minimum Gasteiger partial charge on any atom is -0.481 e. The summed E-state index contributed by atoms with van der Waals surface area (Å²) in [6, 6.07) is 4.22. The largest absolute Gasteiger partial charge is 0.481 e. The molecule has 0 heterocycles. The van der Waals surface area contributed by atoms with Gasteiger partial charge in [0.25, 0.3) is 11.6 Å². The molecule has 8 heteroatoms. The van der Waals surface area contributed by atoms with Crippen molar-refractivity contribution in [2.75, 3.05) is 6.54 Å². The summed E-state index contributed by atoms with van der Waals surface area (Å²) in [5, 5.41) is 22.2. The fourth-order valence-electron chi connectivity index (χ4n) is 1.53. The van der Waals surface area contributed by atoms with E-state index in [1.807, 2.05) is 0 Å². The van der Waals surface area contributed by atoms with Gasteiger partial charge in [-0.15, -0.1) is 0 Å². The number of benzene rings is 1. The SMILES string of the molecule is O=C(O)CCCNC(=O)c1ccc(CBr)c([N+](=O)[O-])c1. The average molecular weight is 345 g/mol. The molecule has 7 nitrogen and oxygen atoms in total. The molecule has 2 N–H and O–H groups in total. The van der Waals surface area contributed by atoms with Crippen LogP contribution in [0.4, 0.5) is 5.69 Å². The Balaban J connectivity index is 2.71. The Morgan fingerprint density at radius 1 is 1.40 bits per heavy atom. The van der Waals surface area contributed by atoms with Crippen LogP contribution in [0.3, 0.4) is 0 Å². The van der Waals surface area contributed by atoms with Gasteiger partial charge in [-0.05, 0) is 12.5 Å². The predicted molar refractivity (Wildman–Crippen MR) is 74.9 cm³/mol. The van der Waals surface area contributed by atoms with Crippen molar-refractivity contribution in [1.82, 2.24) is 5.32 Å². The van der Waals surface area contributed by atoms with Crippen LogP contribution in [0.15, 0.2) is 18.2 Å². The second kappa shape index (κ2) is 7.59. The first kappa shape index (κ1) is 16.1. The average Bonchev–Trinajstić information content (AvgIpc) is 2.42. The number of carbonyl (C=O) groups excluding carboxylic acids is 1. The molecule has 0 saturated heterocycles. The number of nitro benzene ring substituents is 1. The standard InChI is InChI=1S/C12H13BrN2O5/c13-7-9-4-3-8(6-10(9)15(19)20)12(18)14-5-1-2-11(16)17/h3-4,6H,1-2,5,7H2,(H,14,18)(H,16,17). The lowest BCUT2D eigenvalue weighted by Gasteiger charge is -2.05. The third-order valence-corrected chi connectivity index (χ3v) is 3.15. The van der Waals surface area contributed by atoms with E-state index >= 15 is 0 Å². The number of rotatable bonds is 7. The van der Waals surface area contributed by atoms with Crippen molar-refractivity contribution in [3.8, 4) is 0 Å². The lowest BCUT2D eigenvalue weighted by Crippen LogP contribution is -2.25. The summed E-state index contributed by atoms with van der Waals surface area (Å²) in [6.45, 7) is 0.207. The van der Waals surface area contributed by atoms with Gasteiger partial charge in [-0.3, -0.25) is 19.7 Å². The van der Waals surface area contributed by atoms with Gasteiger partial charge in [0.1, 0.15) is 0 Å². The highest BCUT2D eigenvalue weighted by Crippen LogP contribution is 2.22. The van der Waals surface area contributed by atoms with E-state index in [4.69, 9.17) is 5.11 Å². The first-order chi connectivity index (χ1) is 9.45. The summed E-state index contributed by atoms with van der Waals surface area (Å²) in [5.41, 5.74) is 0.536. The van der Waals surface area contributed by atoms with E-state index in [1.165, 1.54) is 18.2 Å². The van der Waals surface area contributed by atoms with E-state index in [0.29, 0.717) is 17.3 Å². The molecule has 0 aliphatic heterocycles. The summed E-state index contributed by atoms with van der Waals surface area (Å²) in [6.07, 6.45) is 0.269. The molecule has 0 aromatic heterocycles. The van der Waals surface area contributed by atoms with E-state index in [-0.39, 0.29) is 24.2 Å². The van der Waals surface area contributed by atoms with E-state index < -0.39 is 16.8 Å². The molecule has 0 aliphatic carbocycles. The molecule has 0 bridgehead atoms. The number of amides is 1. The number of nitrogens with zero attached hydrogens (tertiary/aromatic N) is 1. The molecule has 0 fully saturated rings. The molecule has 0 radical (unpaired) electrons. The summed E-state index contributed by atoms with van der Waals surface area (Å²) in [7, 11) is 0. The van der Waals surface area contributed by atoms with Crippen LogP contribution in [-0.4, -0.2) is 28.5 Å². The number of carbonyl (C=O) groups is 2. The monoisotopic (exact) mass is 344 g/mol. The quantitative estimate of drug-likeness (QED) is 0.340. The van der Waals surface area contributed by atoms with Crippen LogP contribution in [0.5, 0.6) is 0 Å². The molecule has 0 spiro atoms. The fourth-order valence-corrected chi connectivity index (χ4v) is 2.01. The summed E-state index contributed by atoms with van der Waals surface area (Å²) < 4.78 is 0. The van der Waals surface area contributed by atoms with Crippen LogP contribution in [-0.2, 0) is 10.1 Å². The Hall–Kier alpha value is -1.96. The lowest BCUT2D eigenvalue weighted by atomic mass is 10.1. The van der Waals surface area contributed by atoms with Crippen molar-refractivity contribution >= 4 is 33.5 Å². The van der Waals surface area contributed by atoms with Gasteiger partial charge in [0.2, 0.25) is 0 Å². The second-order valence-electron chi connectivity index (χ2n) is 3.99. The zero-order valence-corrected chi connectivity index (χ0v) is 12.1. The third kappa shape index (κ3) is 4.61. The molecule has 0 unspecified atom stereocenters. The number of alkyl halides is 1. The Morgan fingerprint density at radius 2 is 2.10 bits per heavy atom. The number of aliphatic carboxylic acids is 1. The Kier molecular flexibility index (Phi) is 6.10. The van der Waals surface area contributed by atoms with Crippen LogP contribution in [0, 0.1) is 10.1 Å². The number of hydrogen-bond acceptors (Lipinski definition) is 4. The maximum atomic E-state index is 11.8. The molecule has 108 valence electrons. The van der Waals surface area contributed by atoms with E-state index in [1.54, 1.807) is 0 Å². The van der Waals surface area contributed by atoms with Crippen molar-refractivity contribution < 1.29 is 19.6 Å². The van der Waals surface area contributed by atoms with Crippen molar-refractivity contribution in [1.29, 1.82) is 0 Å². The van der Waals surface area contributed by atoms with Crippen LogP contribution < -0.4 is 5.32 Å². The van der Waals surface area contributed by atoms with Gasteiger partial charge in [-0.25, -0.2) is 0 Å². The van der Waals surface area contributed by atoms with Crippen molar-refractivity contribution in [3.05, 3.63) is 39.4 Å². The van der Waals surface area contributed by atoms with Crippen molar-refractivity contribution in [2.24, 2.45) is 0 Å². The Labute approximate surface area is 123 Å². The molecular weight excluding hydrogens is 332 g/mol. The number of nitrogens with one attached hydrogen (secondary N) is 1. The molecule has 0 saturated carbocycles. The van der Waals surface area contributed by atoms with Gasteiger partial charge in [0, 0.05) is 35.5 Å². The lowest BCUT2D eigenvalue weighted by molar-refractivity contribution is -0.385.